The Labute approximate surface area is 137 Å². The number of likely N-dealkylation sites (N-methyl/N-ethyl adjacent to an activating group) is 1. The molecule has 2 N–H and O–H groups in total. The normalized spacial score (nSPS) is 17.3. The second-order valence-electron chi connectivity index (χ2n) is 5.65. The smallest absolute Gasteiger partial charge is 0.241 e. The Balaban J connectivity index is 0.00000242. The molecule has 1 heterocycles. The summed E-state index contributed by atoms with van der Waals surface area (Å²) in [5, 5.41) is 6.14. The molecule has 0 saturated carbocycles. The molecule has 1 aromatic rings. The van der Waals surface area contributed by atoms with E-state index in [1.54, 1.807) is 19.0 Å². The van der Waals surface area contributed by atoms with Crippen molar-refractivity contribution in [1.82, 2.24) is 10.2 Å². The van der Waals surface area contributed by atoms with E-state index in [1.807, 2.05) is 24.3 Å². The maximum atomic E-state index is 12.1. The van der Waals surface area contributed by atoms with Crippen LogP contribution in [0.1, 0.15) is 24.8 Å². The van der Waals surface area contributed by atoms with Gasteiger partial charge in [0.2, 0.25) is 11.8 Å². The molecule has 1 aliphatic rings. The largest absolute Gasteiger partial charge is 0.349 e. The number of anilines is 1. The van der Waals surface area contributed by atoms with Gasteiger partial charge in [-0.2, -0.15) is 0 Å². The maximum absolute atomic E-state index is 12.1. The van der Waals surface area contributed by atoms with Crippen molar-refractivity contribution < 1.29 is 9.59 Å². The summed E-state index contributed by atoms with van der Waals surface area (Å²) >= 11 is 0. The van der Waals surface area contributed by atoms with E-state index in [9.17, 15) is 9.59 Å². The van der Waals surface area contributed by atoms with E-state index >= 15 is 0 Å². The third kappa shape index (κ3) is 5.31. The number of nitrogens with zero attached hydrogens (tertiary/aromatic N) is 1. The number of carbonyl (C=O) groups is 2. The fourth-order valence-electron chi connectivity index (χ4n) is 2.34. The predicted octanol–water partition coefficient (Wildman–Crippen LogP) is 1.82. The third-order valence-corrected chi connectivity index (χ3v) is 3.70. The highest BCUT2D eigenvalue weighted by molar-refractivity contribution is 5.94. The number of benzene rings is 1. The summed E-state index contributed by atoms with van der Waals surface area (Å²) < 4.78 is 0. The number of rotatable bonds is 4. The Morgan fingerprint density at radius 3 is 2.45 bits per heavy atom. The first kappa shape index (κ1) is 18.5. The van der Waals surface area contributed by atoms with Crippen LogP contribution < -0.4 is 10.6 Å². The first-order chi connectivity index (χ1) is 10.1. The molecular weight excluding hydrogens is 302 g/mol. The first-order valence-electron chi connectivity index (χ1n) is 7.39. The summed E-state index contributed by atoms with van der Waals surface area (Å²) in [6, 6.07) is 7.36. The molecule has 2 amide bonds. The third-order valence-electron chi connectivity index (χ3n) is 3.70. The fraction of sp³-hybridized carbons (Fsp3) is 0.500. The molecule has 1 aromatic carbocycles. The number of piperidine rings is 1. The van der Waals surface area contributed by atoms with E-state index in [4.69, 9.17) is 0 Å². The molecule has 0 bridgehead atoms. The van der Waals surface area contributed by atoms with Crippen molar-refractivity contribution in [3.63, 3.8) is 0 Å². The summed E-state index contributed by atoms with van der Waals surface area (Å²) in [7, 11) is 3.49. The average Bonchev–Trinajstić information content (AvgIpc) is 2.50. The molecule has 0 radical (unpaired) electrons. The van der Waals surface area contributed by atoms with Gasteiger partial charge in [0.05, 0.1) is 12.5 Å². The van der Waals surface area contributed by atoms with Crippen molar-refractivity contribution in [3.05, 3.63) is 29.8 Å². The van der Waals surface area contributed by atoms with Crippen LogP contribution in [-0.2, 0) is 16.0 Å². The van der Waals surface area contributed by atoms with Crippen molar-refractivity contribution in [2.75, 3.05) is 26.0 Å². The molecule has 1 aliphatic heterocycles. The van der Waals surface area contributed by atoms with E-state index in [2.05, 4.69) is 10.6 Å². The van der Waals surface area contributed by atoms with Crippen LogP contribution in [0.4, 0.5) is 5.69 Å². The highest BCUT2D eigenvalue weighted by Gasteiger charge is 2.20. The number of nitrogens with one attached hydrogen (secondary N) is 2. The van der Waals surface area contributed by atoms with Crippen LogP contribution in [0, 0.1) is 0 Å². The minimum Gasteiger partial charge on any atom is -0.349 e. The zero-order chi connectivity index (χ0) is 15.2. The Kier molecular flexibility index (Phi) is 7.35. The minimum atomic E-state index is -0.0891. The zero-order valence-electron chi connectivity index (χ0n) is 13.1. The topological polar surface area (TPSA) is 61.4 Å². The maximum Gasteiger partial charge on any atom is 0.241 e. The Morgan fingerprint density at radius 1 is 1.23 bits per heavy atom. The van der Waals surface area contributed by atoms with Crippen molar-refractivity contribution in [2.45, 2.75) is 31.7 Å². The fourth-order valence-corrected chi connectivity index (χ4v) is 2.34. The lowest BCUT2D eigenvalue weighted by Crippen LogP contribution is -2.43. The van der Waals surface area contributed by atoms with Gasteiger partial charge in [-0.1, -0.05) is 18.6 Å². The minimum absolute atomic E-state index is 0. The van der Waals surface area contributed by atoms with Gasteiger partial charge in [-0.3, -0.25) is 9.59 Å². The van der Waals surface area contributed by atoms with Crippen LogP contribution in [0.2, 0.25) is 0 Å². The Bertz CT molecular complexity index is 497. The molecule has 2 rings (SSSR count). The summed E-state index contributed by atoms with van der Waals surface area (Å²) in [6.45, 7) is 0.906. The van der Waals surface area contributed by atoms with Crippen molar-refractivity contribution in [3.8, 4) is 0 Å². The molecule has 0 aliphatic carbocycles. The second kappa shape index (κ2) is 8.76. The quantitative estimate of drug-likeness (QED) is 0.887. The lowest BCUT2D eigenvalue weighted by Gasteiger charge is -2.22. The van der Waals surface area contributed by atoms with E-state index in [1.165, 1.54) is 0 Å². The van der Waals surface area contributed by atoms with Gasteiger partial charge in [0.1, 0.15) is 0 Å². The molecule has 122 valence electrons. The number of hydrogen-bond acceptors (Lipinski definition) is 3. The van der Waals surface area contributed by atoms with E-state index in [0.717, 1.165) is 37.1 Å². The molecule has 0 aromatic heterocycles. The Morgan fingerprint density at radius 2 is 1.91 bits per heavy atom. The summed E-state index contributed by atoms with van der Waals surface area (Å²) in [6.07, 6.45) is 3.50. The van der Waals surface area contributed by atoms with Crippen LogP contribution >= 0.6 is 12.4 Å². The molecule has 0 unspecified atom stereocenters. The van der Waals surface area contributed by atoms with Crippen LogP contribution in [0.15, 0.2) is 24.3 Å². The predicted molar refractivity (Wildman–Crippen MR) is 90.4 cm³/mol. The van der Waals surface area contributed by atoms with Gasteiger partial charge >= 0.3 is 0 Å². The molecular formula is C16H24ClN3O2. The molecule has 22 heavy (non-hydrogen) atoms. The number of carbonyl (C=O) groups excluding carboxylic acids is 2. The first-order valence-corrected chi connectivity index (χ1v) is 7.39. The van der Waals surface area contributed by atoms with E-state index in [0.29, 0.717) is 6.42 Å². The van der Waals surface area contributed by atoms with Gasteiger partial charge in [0.25, 0.3) is 0 Å². The van der Waals surface area contributed by atoms with Crippen LogP contribution in [0.25, 0.3) is 0 Å². The lowest BCUT2D eigenvalue weighted by molar-refractivity contribution is -0.128. The summed E-state index contributed by atoms with van der Waals surface area (Å²) in [4.78, 5) is 25.3. The monoisotopic (exact) mass is 325 g/mol. The lowest BCUT2D eigenvalue weighted by atomic mass is 10.0. The van der Waals surface area contributed by atoms with Gasteiger partial charge in [-0.05, 0) is 37.1 Å². The van der Waals surface area contributed by atoms with Gasteiger partial charge in [-0.15, -0.1) is 12.4 Å². The number of halogens is 1. The van der Waals surface area contributed by atoms with Crippen molar-refractivity contribution in [1.29, 1.82) is 0 Å². The molecule has 5 nitrogen and oxygen atoms in total. The zero-order valence-corrected chi connectivity index (χ0v) is 13.9. The number of hydrogen-bond donors (Lipinski definition) is 2. The highest BCUT2D eigenvalue weighted by Crippen LogP contribution is 2.13. The van der Waals surface area contributed by atoms with Gasteiger partial charge < -0.3 is 15.5 Å². The molecule has 6 heteroatoms. The van der Waals surface area contributed by atoms with Crippen molar-refractivity contribution >= 4 is 29.9 Å². The van der Waals surface area contributed by atoms with Crippen LogP contribution in [0.3, 0.4) is 0 Å². The van der Waals surface area contributed by atoms with Crippen LogP contribution in [-0.4, -0.2) is 43.4 Å². The second-order valence-corrected chi connectivity index (χ2v) is 5.65. The van der Waals surface area contributed by atoms with Crippen LogP contribution in [0.5, 0.6) is 0 Å². The molecule has 1 fully saturated rings. The highest BCUT2D eigenvalue weighted by atomic mass is 35.5. The molecule has 0 spiro atoms. The van der Waals surface area contributed by atoms with Crippen molar-refractivity contribution in [2.24, 2.45) is 0 Å². The van der Waals surface area contributed by atoms with Gasteiger partial charge in [-0.25, -0.2) is 0 Å². The standard InChI is InChI=1S/C16H23N3O2.ClH/c1-19(2)15(20)11-12-6-8-13(9-7-12)18-16(21)14-5-3-4-10-17-14;/h6-9,14,17H,3-5,10-11H2,1-2H3,(H,18,21);1H/t14-;/m0./s1. The van der Waals surface area contributed by atoms with E-state index < -0.39 is 0 Å². The summed E-state index contributed by atoms with van der Waals surface area (Å²) in [5.74, 6) is 0.0880. The summed E-state index contributed by atoms with van der Waals surface area (Å²) in [5.41, 5.74) is 1.72. The van der Waals surface area contributed by atoms with E-state index in [-0.39, 0.29) is 30.3 Å². The molecule has 1 saturated heterocycles. The SMILES string of the molecule is CN(C)C(=O)Cc1ccc(NC(=O)[C@@H]2CCCCN2)cc1.Cl. The Hall–Kier alpha value is -1.59. The molecule has 1 atom stereocenters. The average molecular weight is 326 g/mol. The number of amides is 2. The van der Waals surface area contributed by atoms with Gasteiger partial charge in [0, 0.05) is 19.8 Å². The van der Waals surface area contributed by atoms with Gasteiger partial charge in [0.15, 0.2) is 0 Å².